The van der Waals surface area contributed by atoms with Crippen molar-refractivity contribution in [2.75, 3.05) is 20.3 Å². The van der Waals surface area contributed by atoms with Gasteiger partial charge in [0.1, 0.15) is 12.6 Å². The third-order valence-electron chi connectivity index (χ3n) is 5.26. The molecule has 1 amide bonds. The van der Waals surface area contributed by atoms with Gasteiger partial charge in [-0.1, -0.05) is 54.5 Å². The van der Waals surface area contributed by atoms with E-state index in [1.807, 2.05) is 48.5 Å². The molecule has 0 unspecified atom stereocenters. The predicted octanol–water partition coefficient (Wildman–Crippen LogP) is 3.26. The lowest BCUT2D eigenvalue weighted by Crippen LogP contribution is -2.53. The van der Waals surface area contributed by atoms with Gasteiger partial charge >= 0.3 is 12.1 Å². The van der Waals surface area contributed by atoms with Crippen molar-refractivity contribution >= 4 is 12.1 Å². The number of carboxylic acids is 1. The molecule has 0 saturated carbocycles. The topological polar surface area (TPSA) is 84.9 Å². The molecule has 0 fully saturated rings. The normalized spacial score (nSPS) is 15.3. The second-order valence-electron chi connectivity index (χ2n) is 7.24. The second kappa shape index (κ2) is 8.38. The molecule has 150 valence electrons. The van der Waals surface area contributed by atoms with Crippen molar-refractivity contribution in [1.82, 2.24) is 5.32 Å². The third-order valence-corrected chi connectivity index (χ3v) is 5.26. The average molecular weight is 393 g/mol. The van der Waals surface area contributed by atoms with Crippen molar-refractivity contribution in [3.63, 3.8) is 0 Å². The number of aliphatic carboxylic acids is 1. The Hall–Kier alpha value is -3.30. The van der Waals surface area contributed by atoms with E-state index in [0.29, 0.717) is 0 Å². The summed E-state index contributed by atoms with van der Waals surface area (Å²) in [6.07, 6.45) is 4.67. The molecule has 2 aromatic rings. The van der Waals surface area contributed by atoms with Gasteiger partial charge in [-0.3, -0.25) is 0 Å². The quantitative estimate of drug-likeness (QED) is 0.706. The zero-order valence-electron chi connectivity index (χ0n) is 16.3. The van der Waals surface area contributed by atoms with Gasteiger partial charge in [0.25, 0.3) is 0 Å². The summed E-state index contributed by atoms with van der Waals surface area (Å²) in [5.41, 5.74) is 3.15. The van der Waals surface area contributed by atoms with Gasteiger partial charge < -0.3 is 19.9 Å². The number of hydrogen-bond acceptors (Lipinski definition) is 4. The number of nitrogens with one attached hydrogen (secondary N) is 1. The highest BCUT2D eigenvalue weighted by Crippen LogP contribution is 2.44. The first kappa shape index (κ1) is 20.4. The van der Waals surface area contributed by atoms with Crippen molar-refractivity contribution < 1.29 is 24.2 Å². The lowest BCUT2D eigenvalue weighted by Gasteiger charge is -2.30. The molecular formula is C23H23NO5. The van der Waals surface area contributed by atoms with Gasteiger partial charge in [0.05, 0.1) is 12.0 Å². The number of hydrogen-bond donors (Lipinski definition) is 2. The summed E-state index contributed by atoms with van der Waals surface area (Å²) in [6, 6.07) is 14.6. The molecule has 0 saturated heterocycles. The molecule has 6 heteroatoms. The second-order valence-corrected chi connectivity index (χ2v) is 7.24. The van der Waals surface area contributed by atoms with Gasteiger partial charge in [-0.2, -0.15) is 0 Å². The Morgan fingerprint density at radius 3 is 2.21 bits per heavy atom. The first-order valence-electron chi connectivity index (χ1n) is 9.22. The fourth-order valence-electron chi connectivity index (χ4n) is 3.76. The van der Waals surface area contributed by atoms with Gasteiger partial charge in [-0.15, -0.1) is 6.42 Å². The molecule has 29 heavy (non-hydrogen) atoms. The largest absolute Gasteiger partial charge is 0.480 e. The van der Waals surface area contributed by atoms with E-state index in [2.05, 4.69) is 11.2 Å². The van der Waals surface area contributed by atoms with E-state index in [1.165, 1.54) is 7.11 Å². The number of methoxy groups -OCH3 is 1. The van der Waals surface area contributed by atoms with Crippen LogP contribution in [0.1, 0.15) is 24.0 Å². The number of carboxylic acid groups (broad SMARTS) is 1. The summed E-state index contributed by atoms with van der Waals surface area (Å²) in [7, 11) is 1.42. The van der Waals surface area contributed by atoms with Crippen LogP contribution in [0.4, 0.5) is 4.79 Å². The molecule has 0 bridgehead atoms. The first-order chi connectivity index (χ1) is 13.9. The van der Waals surface area contributed by atoms with Crippen molar-refractivity contribution in [3.8, 4) is 23.5 Å². The van der Waals surface area contributed by atoms with E-state index < -0.39 is 23.5 Å². The Labute approximate surface area is 169 Å². The van der Waals surface area contributed by atoms with Gasteiger partial charge in [-0.25, -0.2) is 9.59 Å². The summed E-state index contributed by atoms with van der Waals surface area (Å²) in [6.45, 7) is 1.60. The van der Waals surface area contributed by atoms with Crippen LogP contribution in [-0.2, 0) is 14.3 Å². The molecule has 2 atom stereocenters. The highest BCUT2D eigenvalue weighted by molar-refractivity contribution is 5.82. The Kier molecular flexibility index (Phi) is 5.90. The van der Waals surface area contributed by atoms with Gasteiger partial charge in [-0.05, 0) is 29.2 Å². The SMILES string of the molecule is C#C[C@](C)(COC)[C@@H](NC(=O)OCC1c2ccccc2-c2ccccc21)C(=O)O. The summed E-state index contributed by atoms with van der Waals surface area (Å²) in [4.78, 5) is 24.1. The number of rotatable bonds is 7. The fourth-order valence-corrected chi connectivity index (χ4v) is 3.76. The smallest absolute Gasteiger partial charge is 0.407 e. The molecule has 0 aliphatic heterocycles. The lowest BCUT2D eigenvalue weighted by molar-refractivity contribution is -0.142. The van der Waals surface area contributed by atoms with Crippen LogP contribution in [0.2, 0.25) is 0 Å². The highest BCUT2D eigenvalue weighted by Gasteiger charge is 2.40. The minimum absolute atomic E-state index is 0.0237. The Morgan fingerprint density at radius 1 is 1.17 bits per heavy atom. The monoisotopic (exact) mass is 393 g/mol. The zero-order valence-corrected chi connectivity index (χ0v) is 16.3. The summed E-state index contributed by atoms with van der Waals surface area (Å²) >= 11 is 0. The van der Waals surface area contributed by atoms with E-state index >= 15 is 0 Å². The number of terminal acetylenes is 1. The molecule has 2 aromatic carbocycles. The standard InChI is InChI=1S/C23H23NO5/c1-4-23(2,14-28-3)20(21(25)26)24-22(27)29-13-19-17-11-7-5-9-15(17)16-10-6-8-12-18(16)19/h1,5-12,19-20H,13-14H2,2-3H3,(H,24,27)(H,25,26)/t20-,23+/m0/s1. The zero-order chi connectivity index (χ0) is 21.0. The van der Waals surface area contributed by atoms with Crippen molar-refractivity contribution in [1.29, 1.82) is 0 Å². The minimum atomic E-state index is -1.34. The van der Waals surface area contributed by atoms with E-state index in [-0.39, 0.29) is 19.1 Å². The molecule has 0 heterocycles. The molecule has 2 N–H and O–H groups in total. The molecular weight excluding hydrogens is 370 g/mol. The summed E-state index contributed by atoms with van der Waals surface area (Å²) in [5, 5.41) is 11.9. The van der Waals surface area contributed by atoms with Crippen LogP contribution in [-0.4, -0.2) is 43.5 Å². The number of ether oxygens (including phenoxy) is 2. The predicted molar refractivity (Wildman–Crippen MR) is 108 cm³/mol. The maximum Gasteiger partial charge on any atom is 0.407 e. The Morgan fingerprint density at radius 2 is 1.72 bits per heavy atom. The van der Waals surface area contributed by atoms with Crippen molar-refractivity contribution in [3.05, 3.63) is 59.7 Å². The van der Waals surface area contributed by atoms with Gasteiger partial charge in [0.15, 0.2) is 0 Å². The van der Waals surface area contributed by atoms with Gasteiger partial charge in [0.2, 0.25) is 0 Å². The molecule has 6 nitrogen and oxygen atoms in total. The molecule has 0 radical (unpaired) electrons. The number of fused-ring (bicyclic) bond motifs is 3. The van der Waals surface area contributed by atoms with Crippen LogP contribution in [0.15, 0.2) is 48.5 Å². The molecule has 1 aliphatic carbocycles. The molecule has 3 rings (SSSR count). The van der Waals surface area contributed by atoms with E-state index in [1.54, 1.807) is 6.92 Å². The minimum Gasteiger partial charge on any atom is -0.480 e. The third kappa shape index (κ3) is 3.96. The summed E-state index contributed by atoms with van der Waals surface area (Å²) < 4.78 is 10.4. The molecule has 1 aliphatic rings. The number of alkyl carbamates (subject to hydrolysis) is 1. The molecule has 0 aromatic heterocycles. The van der Waals surface area contributed by atoms with Crippen molar-refractivity contribution in [2.45, 2.75) is 18.9 Å². The van der Waals surface area contributed by atoms with Crippen LogP contribution >= 0.6 is 0 Å². The average Bonchev–Trinajstić information content (AvgIpc) is 3.04. The van der Waals surface area contributed by atoms with Crippen LogP contribution in [0.3, 0.4) is 0 Å². The Bertz CT molecular complexity index is 918. The molecule has 0 spiro atoms. The number of carbonyl (C=O) groups is 2. The fraction of sp³-hybridized carbons (Fsp3) is 0.304. The number of amides is 1. The maximum atomic E-state index is 12.4. The van der Waals surface area contributed by atoms with Crippen LogP contribution < -0.4 is 5.32 Å². The Balaban J connectivity index is 1.74. The van der Waals surface area contributed by atoms with E-state index in [4.69, 9.17) is 15.9 Å². The number of carbonyl (C=O) groups excluding carboxylic acids is 1. The van der Waals surface area contributed by atoms with E-state index in [0.717, 1.165) is 22.3 Å². The highest BCUT2D eigenvalue weighted by atomic mass is 16.5. The lowest BCUT2D eigenvalue weighted by atomic mass is 9.84. The van der Waals surface area contributed by atoms with Crippen molar-refractivity contribution in [2.24, 2.45) is 5.41 Å². The maximum absolute atomic E-state index is 12.4. The first-order valence-corrected chi connectivity index (χ1v) is 9.22. The van der Waals surface area contributed by atoms with E-state index in [9.17, 15) is 14.7 Å². The summed E-state index contributed by atoms with van der Waals surface area (Å²) in [5.74, 6) is 1.04. The van der Waals surface area contributed by atoms with Crippen LogP contribution in [0, 0.1) is 17.8 Å². The van der Waals surface area contributed by atoms with Crippen LogP contribution in [0.5, 0.6) is 0 Å². The number of benzene rings is 2. The van der Waals surface area contributed by atoms with Gasteiger partial charge in [0, 0.05) is 13.0 Å². The van der Waals surface area contributed by atoms with Crippen LogP contribution in [0.25, 0.3) is 11.1 Å².